The Labute approximate surface area is 143 Å². The Morgan fingerprint density at radius 2 is 1.48 bits per heavy atom. The van der Waals surface area contributed by atoms with Crippen LogP contribution < -0.4 is 0 Å². The van der Waals surface area contributed by atoms with E-state index < -0.39 is 0 Å². The van der Waals surface area contributed by atoms with Crippen LogP contribution in [0.5, 0.6) is 0 Å². The Kier molecular flexibility index (Phi) is 12.7. The first-order valence-corrected chi connectivity index (χ1v) is 8.75. The van der Waals surface area contributed by atoms with Gasteiger partial charge >= 0.3 is 0 Å². The third-order valence-electron chi connectivity index (χ3n) is 3.83. The van der Waals surface area contributed by atoms with Crippen molar-refractivity contribution in [2.24, 2.45) is 5.92 Å². The van der Waals surface area contributed by atoms with Gasteiger partial charge in [0.05, 0.1) is 13.2 Å². The molecular weight excluding hydrogens is 284 g/mol. The van der Waals surface area contributed by atoms with Crippen molar-refractivity contribution in [3.8, 4) is 0 Å². The van der Waals surface area contributed by atoms with Crippen molar-refractivity contribution in [3.63, 3.8) is 0 Å². The fourth-order valence-electron chi connectivity index (χ4n) is 2.75. The van der Waals surface area contributed by atoms with Crippen LogP contribution in [0.3, 0.4) is 0 Å². The van der Waals surface area contributed by atoms with Gasteiger partial charge in [0.25, 0.3) is 0 Å². The molecule has 0 bridgehead atoms. The molecule has 0 aliphatic carbocycles. The number of aliphatic hydroxyl groups excluding tert-OH is 2. The van der Waals surface area contributed by atoms with Crippen LogP contribution in [0.1, 0.15) is 66.7 Å². The van der Waals surface area contributed by atoms with E-state index in [0.29, 0.717) is 5.92 Å². The lowest BCUT2D eigenvalue weighted by Crippen LogP contribution is -1.92. The quantitative estimate of drug-likeness (QED) is 0.504. The van der Waals surface area contributed by atoms with Crippen molar-refractivity contribution in [2.45, 2.75) is 66.7 Å². The number of hydrogen-bond donors (Lipinski definition) is 2. The summed E-state index contributed by atoms with van der Waals surface area (Å²) in [5.41, 5.74) is 5.17. The van der Waals surface area contributed by atoms with Crippen LogP contribution in [0.2, 0.25) is 0 Å². The molecule has 0 aliphatic rings. The fraction of sp³-hybridized carbons (Fsp3) is 0.619. The van der Waals surface area contributed by atoms with Crippen LogP contribution in [0, 0.1) is 5.92 Å². The Bertz CT molecular complexity index is 435. The van der Waals surface area contributed by atoms with Gasteiger partial charge in [-0.2, -0.15) is 0 Å². The lowest BCUT2D eigenvalue weighted by Gasteiger charge is -2.08. The molecule has 0 amide bonds. The molecule has 0 aliphatic heterocycles. The Morgan fingerprint density at radius 3 is 2.04 bits per heavy atom. The van der Waals surface area contributed by atoms with Gasteiger partial charge in [-0.15, -0.1) is 0 Å². The molecule has 2 heteroatoms. The highest BCUT2D eigenvalue weighted by Gasteiger charge is 1.99. The standard InChI is InChI=1S/C21H36O2/c1-17(2)14-20(5)15-19(4)10-6-8-18(3)9-7-11-21(16-23)12-13-22/h9-10,12,14,20,22-23H,6-8,11,13,15-16H2,1-5H3/b18-9+,19-10+,21-12+/t20-/m1/s1. The van der Waals surface area contributed by atoms with Crippen LogP contribution in [0.25, 0.3) is 0 Å². The van der Waals surface area contributed by atoms with E-state index in [-0.39, 0.29) is 13.2 Å². The molecule has 1 atom stereocenters. The molecule has 0 rings (SSSR count). The van der Waals surface area contributed by atoms with Gasteiger partial charge in [-0.3, -0.25) is 0 Å². The predicted octanol–water partition coefficient (Wildman–Crippen LogP) is 5.34. The zero-order valence-corrected chi connectivity index (χ0v) is 15.7. The van der Waals surface area contributed by atoms with Crippen molar-refractivity contribution in [1.29, 1.82) is 0 Å². The minimum atomic E-state index is 0.00777. The summed E-state index contributed by atoms with van der Waals surface area (Å²) in [5.74, 6) is 0.614. The van der Waals surface area contributed by atoms with Crippen LogP contribution in [-0.4, -0.2) is 23.4 Å². The van der Waals surface area contributed by atoms with Gasteiger partial charge in [-0.1, -0.05) is 47.9 Å². The molecule has 0 aromatic carbocycles. The highest BCUT2D eigenvalue weighted by molar-refractivity contribution is 5.08. The van der Waals surface area contributed by atoms with Gasteiger partial charge in [0.1, 0.15) is 0 Å². The summed E-state index contributed by atoms with van der Waals surface area (Å²) in [6.07, 6.45) is 13.7. The molecule has 0 heterocycles. The van der Waals surface area contributed by atoms with Crippen molar-refractivity contribution < 1.29 is 10.2 Å². The molecule has 0 fully saturated rings. The van der Waals surface area contributed by atoms with Crippen molar-refractivity contribution in [2.75, 3.05) is 13.2 Å². The van der Waals surface area contributed by atoms with E-state index in [2.05, 4.69) is 52.8 Å². The van der Waals surface area contributed by atoms with Crippen LogP contribution in [-0.2, 0) is 0 Å². The molecule has 0 unspecified atom stereocenters. The number of allylic oxidation sites excluding steroid dienone is 6. The second-order valence-electron chi connectivity index (χ2n) is 6.81. The average molecular weight is 321 g/mol. The SMILES string of the molecule is CC(C)=C[C@@H](C)C/C(C)=C/CC/C(C)=C/CC/C(=C\CO)CO. The van der Waals surface area contributed by atoms with E-state index in [4.69, 9.17) is 10.2 Å². The van der Waals surface area contributed by atoms with Crippen molar-refractivity contribution in [3.05, 3.63) is 46.6 Å². The number of rotatable bonds is 11. The first-order chi connectivity index (χ1) is 10.9. The summed E-state index contributed by atoms with van der Waals surface area (Å²) in [7, 11) is 0. The second-order valence-corrected chi connectivity index (χ2v) is 6.81. The maximum absolute atomic E-state index is 9.14. The molecule has 23 heavy (non-hydrogen) atoms. The summed E-state index contributed by atoms with van der Waals surface area (Å²) >= 11 is 0. The average Bonchev–Trinajstić information content (AvgIpc) is 2.45. The van der Waals surface area contributed by atoms with E-state index in [1.165, 1.54) is 16.7 Å². The molecule has 0 aromatic rings. The summed E-state index contributed by atoms with van der Waals surface area (Å²) in [6.45, 7) is 11.0. The molecule has 2 N–H and O–H groups in total. The molecule has 0 aromatic heterocycles. The highest BCUT2D eigenvalue weighted by atomic mass is 16.3. The summed E-state index contributed by atoms with van der Waals surface area (Å²) in [5, 5.41) is 18.0. The van der Waals surface area contributed by atoms with Crippen LogP contribution >= 0.6 is 0 Å². The van der Waals surface area contributed by atoms with Gasteiger partial charge in [-0.05, 0) is 71.3 Å². The summed E-state index contributed by atoms with van der Waals surface area (Å²) in [6, 6.07) is 0. The molecular formula is C21H36O2. The number of hydrogen-bond acceptors (Lipinski definition) is 2. The smallest absolute Gasteiger partial charge is 0.0642 e. The molecule has 2 nitrogen and oxygen atoms in total. The van der Waals surface area contributed by atoms with Gasteiger partial charge < -0.3 is 10.2 Å². The second kappa shape index (κ2) is 13.3. The molecule has 132 valence electrons. The first kappa shape index (κ1) is 21.9. The third-order valence-corrected chi connectivity index (χ3v) is 3.83. The molecule has 0 radical (unpaired) electrons. The van der Waals surface area contributed by atoms with E-state index in [1.54, 1.807) is 6.08 Å². The zero-order valence-electron chi connectivity index (χ0n) is 15.7. The van der Waals surface area contributed by atoms with E-state index in [0.717, 1.165) is 37.7 Å². The largest absolute Gasteiger partial charge is 0.392 e. The van der Waals surface area contributed by atoms with Gasteiger partial charge in [0.2, 0.25) is 0 Å². The first-order valence-electron chi connectivity index (χ1n) is 8.75. The van der Waals surface area contributed by atoms with E-state index >= 15 is 0 Å². The van der Waals surface area contributed by atoms with E-state index in [9.17, 15) is 0 Å². The third kappa shape index (κ3) is 13.1. The molecule has 0 saturated heterocycles. The topological polar surface area (TPSA) is 40.5 Å². The molecule has 0 spiro atoms. The monoisotopic (exact) mass is 320 g/mol. The van der Waals surface area contributed by atoms with Crippen molar-refractivity contribution >= 4 is 0 Å². The summed E-state index contributed by atoms with van der Waals surface area (Å²) in [4.78, 5) is 0. The number of aliphatic hydroxyl groups is 2. The van der Waals surface area contributed by atoms with Crippen LogP contribution in [0.4, 0.5) is 0 Å². The van der Waals surface area contributed by atoms with Gasteiger partial charge in [-0.25, -0.2) is 0 Å². The zero-order chi connectivity index (χ0) is 17.7. The maximum Gasteiger partial charge on any atom is 0.0642 e. The normalized spacial score (nSPS) is 14.8. The lowest BCUT2D eigenvalue weighted by atomic mass is 9.98. The Morgan fingerprint density at radius 1 is 0.870 bits per heavy atom. The Hall–Kier alpha value is -1.12. The van der Waals surface area contributed by atoms with Crippen molar-refractivity contribution in [1.82, 2.24) is 0 Å². The predicted molar refractivity (Wildman–Crippen MR) is 101 cm³/mol. The minimum absolute atomic E-state index is 0.00777. The maximum atomic E-state index is 9.14. The van der Waals surface area contributed by atoms with E-state index in [1.807, 2.05) is 0 Å². The van der Waals surface area contributed by atoms with Gasteiger partial charge in [0.15, 0.2) is 0 Å². The minimum Gasteiger partial charge on any atom is -0.392 e. The fourth-order valence-corrected chi connectivity index (χ4v) is 2.75. The summed E-state index contributed by atoms with van der Waals surface area (Å²) < 4.78 is 0. The Balaban J connectivity index is 4.15. The lowest BCUT2D eigenvalue weighted by molar-refractivity contribution is 0.315. The van der Waals surface area contributed by atoms with Crippen LogP contribution in [0.15, 0.2) is 46.6 Å². The van der Waals surface area contributed by atoms with Gasteiger partial charge in [0, 0.05) is 0 Å². The highest BCUT2D eigenvalue weighted by Crippen LogP contribution is 2.16. The molecule has 0 saturated carbocycles.